The Morgan fingerprint density at radius 1 is 1.04 bits per heavy atom. The SMILES string of the molecule is CN(C/C=C/C(=O)N[C@@H]1CCCN(Cc2ccnc(C(=O)Nc3ccc(-c4cc5c(N6CCOCC6)ncnc5[nH]4)cc3)c2)C1)C1CC1. The van der Waals surface area contributed by atoms with Crippen molar-refractivity contribution in [2.24, 2.45) is 0 Å². The molecule has 0 bridgehead atoms. The molecule has 0 radical (unpaired) electrons. The molecule has 2 aliphatic heterocycles. The monoisotopic (exact) mass is 649 g/mol. The van der Waals surface area contributed by atoms with Gasteiger partial charge in [-0.2, -0.15) is 0 Å². The second kappa shape index (κ2) is 14.6. The van der Waals surface area contributed by atoms with Gasteiger partial charge in [0, 0.05) is 68.5 Å². The summed E-state index contributed by atoms with van der Waals surface area (Å²) in [7, 11) is 2.11. The minimum Gasteiger partial charge on any atom is -0.378 e. The highest BCUT2D eigenvalue weighted by molar-refractivity contribution is 6.03. The maximum Gasteiger partial charge on any atom is 0.274 e. The van der Waals surface area contributed by atoms with Crippen molar-refractivity contribution in [1.82, 2.24) is 35.1 Å². The number of ether oxygens (including phenoxy) is 1. The van der Waals surface area contributed by atoms with E-state index in [1.807, 2.05) is 42.5 Å². The fourth-order valence-corrected chi connectivity index (χ4v) is 6.55. The average molecular weight is 650 g/mol. The Kier molecular flexibility index (Phi) is 9.73. The summed E-state index contributed by atoms with van der Waals surface area (Å²) in [5, 5.41) is 7.13. The number of anilines is 2. The maximum atomic E-state index is 13.2. The number of H-pyrrole nitrogens is 1. The van der Waals surface area contributed by atoms with Crippen LogP contribution in [0.1, 0.15) is 41.7 Å². The lowest BCUT2D eigenvalue weighted by Gasteiger charge is -2.33. The number of carbonyl (C=O) groups is 2. The standard InChI is InChI=1S/C36H43N9O3/c1-43(29-10-11-29)14-3-5-33(46)40-28-4-2-15-44(23-28)22-25-12-13-37-32(20-25)36(47)41-27-8-6-26(7-9-27)31-21-30-34(42-31)38-24-39-35(30)45-16-18-48-19-17-45/h3,5-9,12-13,20-21,24,28-29H,2,4,10-11,14-19,22-23H2,1H3,(H,40,46)(H,41,47)(H,38,39,42)/b5-3+/t28-/m1/s1. The smallest absolute Gasteiger partial charge is 0.274 e. The zero-order valence-corrected chi connectivity index (χ0v) is 27.4. The molecule has 3 aromatic heterocycles. The van der Waals surface area contributed by atoms with Crippen LogP contribution in [0.5, 0.6) is 0 Å². The van der Waals surface area contributed by atoms with Gasteiger partial charge in [-0.15, -0.1) is 0 Å². The maximum absolute atomic E-state index is 13.2. The normalized spacial score (nSPS) is 18.9. The Morgan fingerprint density at radius 2 is 1.88 bits per heavy atom. The van der Waals surface area contributed by atoms with E-state index >= 15 is 0 Å². The number of rotatable bonds is 11. The highest BCUT2D eigenvalue weighted by Gasteiger charge is 2.25. The lowest BCUT2D eigenvalue weighted by atomic mass is 10.0. The van der Waals surface area contributed by atoms with Crippen LogP contribution in [-0.4, -0.2) is 107 Å². The number of hydrogen-bond acceptors (Lipinski definition) is 9. The molecule has 2 saturated heterocycles. The van der Waals surface area contributed by atoms with E-state index in [0.717, 1.165) is 79.2 Å². The molecule has 7 rings (SSSR count). The van der Waals surface area contributed by atoms with Gasteiger partial charge in [0.25, 0.3) is 5.91 Å². The highest BCUT2D eigenvalue weighted by atomic mass is 16.5. The van der Waals surface area contributed by atoms with E-state index in [0.29, 0.717) is 37.2 Å². The van der Waals surface area contributed by atoms with Crippen LogP contribution in [0.4, 0.5) is 11.5 Å². The third kappa shape index (κ3) is 7.89. The zero-order chi connectivity index (χ0) is 32.9. The molecule has 5 heterocycles. The lowest BCUT2D eigenvalue weighted by molar-refractivity contribution is -0.117. The molecule has 1 aromatic carbocycles. The van der Waals surface area contributed by atoms with Crippen LogP contribution in [-0.2, 0) is 16.1 Å². The minimum absolute atomic E-state index is 0.0319. The first-order valence-electron chi connectivity index (χ1n) is 16.9. The third-order valence-corrected chi connectivity index (χ3v) is 9.32. The summed E-state index contributed by atoms with van der Waals surface area (Å²) < 4.78 is 5.50. The van der Waals surface area contributed by atoms with E-state index in [-0.39, 0.29) is 17.9 Å². The molecule has 3 fully saturated rings. The second-order valence-electron chi connectivity index (χ2n) is 13.0. The van der Waals surface area contributed by atoms with E-state index < -0.39 is 0 Å². The van der Waals surface area contributed by atoms with Gasteiger partial charge in [-0.3, -0.25) is 24.4 Å². The third-order valence-electron chi connectivity index (χ3n) is 9.32. The topological polar surface area (TPSA) is 132 Å². The molecule has 3 N–H and O–H groups in total. The van der Waals surface area contributed by atoms with Gasteiger partial charge in [0.15, 0.2) is 0 Å². The second-order valence-corrected chi connectivity index (χ2v) is 13.0. The Balaban J connectivity index is 0.930. The van der Waals surface area contributed by atoms with Crippen LogP contribution in [0.2, 0.25) is 0 Å². The number of aromatic amines is 1. The van der Waals surface area contributed by atoms with Crippen LogP contribution < -0.4 is 15.5 Å². The number of morpholine rings is 1. The molecular weight excluding hydrogens is 606 g/mol. The van der Waals surface area contributed by atoms with Gasteiger partial charge < -0.3 is 25.3 Å². The van der Waals surface area contributed by atoms with Crippen LogP contribution in [0.25, 0.3) is 22.3 Å². The number of piperidine rings is 1. The first kappa shape index (κ1) is 31.9. The number of likely N-dealkylation sites (tertiary alicyclic amines) is 1. The molecule has 4 aromatic rings. The number of nitrogens with zero attached hydrogens (tertiary/aromatic N) is 6. The molecule has 1 aliphatic carbocycles. The molecule has 2 amide bonds. The Hall–Kier alpha value is -4.65. The van der Waals surface area contributed by atoms with Gasteiger partial charge in [0.2, 0.25) is 5.91 Å². The van der Waals surface area contributed by atoms with Crippen molar-refractivity contribution in [3.8, 4) is 11.3 Å². The summed E-state index contributed by atoms with van der Waals surface area (Å²) in [4.78, 5) is 49.3. The van der Waals surface area contributed by atoms with Crippen LogP contribution >= 0.6 is 0 Å². The molecule has 1 atom stereocenters. The number of fused-ring (bicyclic) bond motifs is 1. The number of hydrogen-bond donors (Lipinski definition) is 3. The number of benzene rings is 1. The van der Waals surface area contributed by atoms with Gasteiger partial charge in [0.1, 0.15) is 23.5 Å². The molecule has 12 heteroatoms. The van der Waals surface area contributed by atoms with E-state index in [1.54, 1.807) is 18.6 Å². The van der Waals surface area contributed by atoms with Crippen molar-refractivity contribution < 1.29 is 14.3 Å². The van der Waals surface area contributed by atoms with E-state index in [2.05, 4.69) is 58.4 Å². The fourth-order valence-electron chi connectivity index (χ4n) is 6.55. The summed E-state index contributed by atoms with van der Waals surface area (Å²) in [6.45, 7) is 6.18. The molecule has 1 saturated carbocycles. The van der Waals surface area contributed by atoms with Gasteiger partial charge >= 0.3 is 0 Å². The largest absolute Gasteiger partial charge is 0.378 e. The minimum atomic E-state index is -0.261. The predicted octanol–water partition coefficient (Wildman–Crippen LogP) is 3.84. The van der Waals surface area contributed by atoms with Crippen molar-refractivity contribution in [2.75, 3.05) is 63.2 Å². The molecule has 0 spiro atoms. The van der Waals surface area contributed by atoms with Gasteiger partial charge in [-0.05, 0) is 80.7 Å². The Labute approximate surface area is 280 Å². The fraction of sp³-hybridized carbons (Fsp3) is 0.417. The lowest BCUT2D eigenvalue weighted by Crippen LogP contribution is -2.47. The number of nitrogens with one attached hydrogen (secondary N) is 3. The summed E-state index contributed by atoms with van der Waals surface area (Å²) in [5.41, 5.74) is 4.76. The van der Waals surface area contributed by atoms with Crippen molar-refractivity contribution in [2.45, 2.75) is 44.3 Å². The molecule has 3 aliphatic rings. The number of pyridine rings is 1. The first-order valence-corrected chi connectivity index (χ1v) is 16.9. The summed E-state index contributed by atoms with van der Waals surface area (Å²) in [6, 6.07) is 14.4. The van der Waals surface area contributed by atoms with Crippen molar-refractivity contribution in [1.29, 1.82) is 0 Å². The number of amides is 2. The van der Waals surface area contributed by atoms with Crippen molar-refractivity contribution in [3.05, 3.63) is 78.4 Å². The zero-order valence-electron chi connectivity index (χ0n) is 27.4. The molecular formula is C36H43N9O3. The average Bonchev–Trinajstić information content (AvgIpc) is 3.87. The van der Waals surface area contributed by atoms with Gasteiger partial charge in [-0.25, -0.2) is 9.97 Å². The van der Waals surface area contributed by atoms with Gasteiger partial charge in [0.05, 0.1) is 18.6 Å². The number of carbonyl (C=O) groups excluding carboxylic acids is 2. The predicted molar refractivity (Wildman–Crippen MR) is 186 cm³/mol. The van der Waals surface area contributed by atoms with Crippen LogP contribution in [0, 0.1) is 0 Å². The number of aromatic nitrogens is 4. The molecule has 12 nitrogen and oxygen atoms in total. The van der Waals surface area contributed by atoms with Crippen LogP contribution in [0.15, 0.2) is 67.1 Å². The van der Waals surface area contributed by atoms with Crippen molar-refractivity contribution in [3.63, 3.8) is 0 Å². The van der Waals surface area contributed by atoms with Crippen LogP contribution in [0.3, 0.4) is 0 Å². The molecule has 0 unspecified atom stereocenters. The first-order chi connectivity index (χ1) is 23.5. The Morgan fingerprint density at radius 3 is 2.69 bits per heavy atom. The number of likely N-dealkylation sites (N-methyl/N-ethyl adjacent to an activating group) is 1. The van der Waals surface area contributed by atoms with Crippen molar-refractivity contribution >= 4 is 34.4 Å². The quantitative estimate of drug-likeness (QED) is 0.208. The molecule has 48 heavy (non-hydrogen) atoms. The summed E-state index contributed by atoms with van der Waals surface area (Å²) >= 11 is 0. The Bertz CT molecular complexity index is 1760. The van der Waals surface area contributed by atoms with E-state index in [9.17, 15) is 9.59 Å². The summed E-state index contributed by atoms with van der Waals surface area (Å²) in [6.07, 6.45) is 11.4. The van der Waals surface area contributed by atoms with Gasteiger partial charge in [-0.1, -0.05) is 18.2 Å². The highest BCUT2D eigenvalue weighted by Crippen LogP contribution is 2.30. The van der Waals surface area contributed by atoms with E-state index in [4.69, 9.17) is 4.74 Å². The van der Waals surface area contributed by atoms with E-state index in [1.165, 1.54) is 12.8 Å². The molecule has 250 valence electrons. The summed E-state index contributed by atoms with van der Waals surface area (Å²) in [5.74, 6) is 0.616.